The number of rotatable bonds is 7. The fourth-order valence-electron chi connectivity index (χ4n) is 1.83. The molecule has 1 rings (SSSR count). The van der Waals surface area contributed by atoms with Gasteiger partial charge in [0.05, 0.1) is 0 Å². The van der Waals surface area contributed by atoms with E-state index >= 15 is 0 Å². The predicted octanol–water partition coefficient (Wildman–Crippen LogP) is 2.80. The van der Waals surface area contributed by atoms with E-state index in [0.29, 0.717) is 5.75 Å². The molecule has 3 heteroatoms. The monoisotopic (exact) mass is 253 g/mol. The van der Waals surface area contributed by atoms with Crippen LogP contribution >= 0.6 is 0 Å². The topological polar surface area (TPSA) is 43.1 Å². The molecule has 0 radical (unpaired) electrons. The second kappa shape index (κ2) is 7.62. The summed E-state index contributed by atoms with van der Waals surface area (Å²) in [6.45, 7) is 4.22. The smallest absolute Gasteiger partial charge is 0.0428 e. The molecule has 2 nitrogen and oxygen atoms in total. The summed E-state index contributed by atoms with van der Waals surface area (Å²) in [4.78, 5) is 0. The van der Waals surface area contributed by atoms with Crippen LogP contribution in [0.15, 0.2) is 24.3 Å². The highest BCUT2D eigenvalue weighted by molar-refractivity contribution is 7.85. The van der Waals surface area contributed by atoms with Crippen LogP contribution in [-0.4, -0.2) is 15.7 Å². The molecular formula is C14H23NOS. The first-order chi connectivity index (χ1) is 8.17. The minimum atomic E-state index is -0.784. The van der Waals surface area contributed by atoms with E-state index in [-0.39, 0.29) is 6.04 Å². The Balaban J connectivity index is 2.56. The van der Waals surface area contributed by atoms with E-state index in [0.717, 1.165) is 30.6 Å². The highest BCUT2D eigenvalue weighted by atomic mass is 32.2. The zero-order chi connectivity index (χ0) is 12.7. The molecule has 2 atom stereocenters. The van der Waals surface area contributed by atoms with Crippen LogP contribution < -0.4 is 5.73 Å². The number of hydrogen-bond acceptors (Lipinski definition) is 2. The average Bonchev–Trinajstić information content (AvgIpc) is 2.30. The van der Waals surface area contributed by atoms with Crippen molar-refractivity contribution < 1.29 is 4.21 Å². The Hall–Kier alpha value is -0.670. The maximum Gasteiger partial charge on any atom is 0.0428 e. The largest absolute Gasteiger partial charge is 0.323 e. The van der Waals surface area contributed by atoms with E-state index in [1.54, 1.807) is 0 Å². The Morgan fingerprint density at radius 1 is 1.18 bits per heavy atom. The van der Waals surface area contributed by atoms with Crippen molar-refractivity contribution >= 4 is 10.8 Å². The van der Waals surface area contributed by atoms with Crippen LogP contribution in [0, 0.1) is 0 Å². The van der Waals surface area contributed by atoms with Gasteiger partial charge in [-0.1, -0.05) is 44.5 Å². The summed E-state index contributed by atoms with van der Waals surface area (Å²) >= 11 is 0. The van der Waals surface area contributed by atoms with Gasteiger partial charge in [0.2, 0.25) is 0 Å². The second-order valence-corrected chi connectivity index (χ2v) is 6.03. The molecule has 0 fully saturated rings. The van der Waals surface area contributed by atoms with Crippen molar-refractivity contribution in [2.45, 2.75) is 39.2 Å². The van der Waals surface area contributed by atoms with Gasteiger partial charge in [-0.25, -0.2) is 0 Å². The fourth-order valence-corrected chi connectivity index (χ4v) is 3.04. The van der Waals surface area contributed by atoms with Crippen LogP contribution in [0.1, 0.15) is 43.9 Å². The Kier molecular flexibility index (Phi) is 6.45. The van der Waals surface area contributed by atoms with Crippen molar-refractivity contribution in [2.24, 2.45) is 5.73 Å². The fraction of sp³-hybridized carbons (Fsp3) is 0.571. The molecule has 0 spiro atoms. The summed E-state index contributed by atoms with van der Waals surface area (Å²) in [5, 5.41) is 0. The lowest BCUT2D eigenvalue weighted by Gasteiger charge is -2.12. The Morgan fingerprint density at radius 2 is 1.82 bits per heavy atom. The third-order valence-corrected chi connectivity index (χ3v) is 4.34. The normalized spacial score (nSPS) is 14.5. The quantitative estimate of drug-likeness (QED) is 0.812. The van der Waals surface area contributed by atoms with Crippen LogP contribution in [0.5, 0.6) is 0 Å². The molecular weight excluding hydrogens is 230 g/mol. The third kappa shape index (κ3) is 5.00. The van der Waals surface area contributed by atoms with Gasteiger partial charge in [0.25, 0.3) is 0 Å². The average molecular weight is 253 g/mol. The van der Waals surface area contributed by atoms with Crippen LogP contribution in [0.4, 0.5) is 0 Å². The first kappa shape index (κ1) is 14.4. The molecule has 2 unspecified atom stereocenters. The van der Waals surface area contributed by atoms with E-state index in [1.165, 1.54) is 5.56 Å². The minimum Gasteiger partial charge on any atom is -0.323 e. The van der Waals surface area contributed by atoms with Crippen LogP contribution in [0.2, 0.25) is 0 Å². The van der Waals surface area contributed by atoms with Gasteiger partial charge in [-0.2, -0.15) is 0 Å². The Morgan fingerprint density at radius 3 is 2.35 bits per heavy atom. The first-order valence-electron chi connectivity index (χ1n) is 6.36. The Bertz CT molecular complexity index is 348. The van der Waals surface area contributed by atoms with Crippen molar-refractivity contribution in [1.82, 2.24) is 0 Å². The molecule has 0 aliphatic heterocycles. The molecule has 0 saturated heterocycles. The maximum absolute atomic E-state index is 11.6. The molecule has 1 aromatic carbocycles. The van der Waals surface area contributed by atoms with Crippen LogP contribution in [-0.2, 0) is 17.2 Å². The number of aryl methyl sites for hydroxylation is 1. The van der Waals surface area contributed by atoms with Crippen molar-refractivity contribution in [3.05, 3.63) is 35.4 Å². The summed E-state index contributed by atoms with van der Waals surface area (Å²) in [6, 6.07) is 8.29. The first-order valence-corrected chi connectivity index (χ1v) is 7.85. The highest BCUT2D eigenvalue weighted by Gasteiger charge is 2.09. The lowest BCUT2D eigenvalue weighted by Crippen LogP contribution is -2.19. The van der Waals surface area contributed by atoms with Crippen LogP contribution in [0.3, 0.4) is 0 Å². The van der Waals surface area contributed by atoms with Crippen molar-refractivity contribution in [2.75, 3.05) is 11.5 Å². The van der Waals surface area contributed by atoms with E-state index in [2.05, 4.69) is 31.2 Å². The van der Waals surface area contributed by atoms with Gasteiger partial charge in [-0.15, -0.1) is 0 Å². The number of hydrogen-bond donors (Lipinski definition) is 1. The van der Waals surface area contributed by atoms with Gasteiger partial charge >= 0.3 is 0 Å². The molecule has 96 valence electrons. The van der Waals surface area contributed by atoms with Crippen molar-refractivity contribution in [3.8, 4) is 0 Å². The SMILES string of the molecule is CCCc1ccc(C(N)CS(=O)CCC)cc1. The number of nitrogens with two attached hydrogens (primary N) is 1. The summed E-state index contributed by atoms with van der Waals surface area (Å²) in [6.07, 6.45) is 3.22. The second-order valence-electron chi connectivity index (χ2n) is 4.41. The Labute approximate surface area is 107 Å². The van der Waals surface area contributed by atoms with Gasteiger partial charge in [0, 0.05) is 28.3 Å². The van der Waals surface area contributed by atoms with Gasteiger partial charge in [0.15, 0.2) is 0 Å². The zero-order valence-electron chi connectivity index (χ0n) is 10.8. The predicted molar refractivity (Wildman–Crippen MR) is 75.5 cm³/mol. The third-order valence-electron chi connectivity index (χ3n) is 2.74. The standard InChI is InChI=1S/C14H23NOS/c1-3-5-12-6-8-13(9-7-12)14(15)11-17(16)10-4-2/h6-9,14H,3-5,10-11,15H2,1-2H3. The van der Waals surface area contributed by atoms with Crippen molar-refractivity contribution in [3.63, 3.8) is 0 Å². The highest BCUT2D eigenvalue weighted by Crippen LogP contribution is 2.14. The summed E-state index contributed by atoms with van der Waals surface area (Å²) < 4.78 is 11.6. The molecule has 17 heavy (non-hydrogen) atoms. The lowest BCUT2D eigenvalue weighted by atomic mass is 10.0. The molecule has 0 aromatic heterocycles. The number of benzene rings is 1. The lowest BCUT2D eigenvalue weighted by molar-refractivity contribution is 0.674. The van der Waals surface area contributed by atoms with Gasteiger partial charge in [0.1, 0.15) is 0 Å². The van der Waals surface area contributed by atoms with Gasteiger partial charge < -0.3 is 5.73 Å². The molecule has 0 aliphatic rings. The van der Waals surface area contributed by atoms with E-state index in [9.17, 15) is 4.21 Å². The minimum absolute atomic E-state index is 0.0990. The van der Waals surface area contributed by atoms with Gasteiger partial charge in [-0.05, 0) is 24.0 Å². The van der Waals surface area contributed by atoms with E-state index in [1.807, 2.05) is 6.92 Å². The van der Waals surface area contributed by atoms with E-state index in [4.69, 9.17) is 5.73 Å². The molecule has 0 saturated carbocycles. The molecule has 1 aromatic rings. The summed E-state index contributed by atoms with van der Waals surface area (Å²) in [7, 11) is -0.784. The molecule has 0 heterocycles. The maximum atomic E-state index is 11.6. The van der Waals surface area contributed by atoms with Crippen molar-refractivity contribution in [1.29, 1.82) is 0 Å². The zero-order valence-corrected chi connectivity index (χ0v) is 11.6. The molecule has 2 N–H and O–H groups in total. The molecule has 0 aliphatic carbocycles. The molecule has 0 bridgehead atoms. The molecule has 0 amide bonds. The van der Waals surface area contributed by atoms with Gasteiger partial charge in [-0.3, -0.25) is 4.21 Å². The van der Waals surface area contributed by atoms with E-state index < -0.39 is 10.8 Å². The summed E-state index contributed by atoms with van der Waals surface area (Å²) in [5.41, 5.74) is 8.49. The summed E-state index contributed by atoms with van der Waals surface area (Å²) in [5.74, 6) is 1.32. The van der Waals surface area contributed by atoms with Crippen LogP contribution in [0.25, 0.3) is 0 Å².